The van der Waals surface area contributed by atoms with Crippen molar-refractivity contribution >= 4 is 34.8 Å². The number of hydrogen-bond acceptors (Lipinski definition) is 8. The van der Waals surface area contributed by atoms with E-state index in [-0.39, 0.29) is 35.2 Å². The van der Waals surface area contributed by atoms with Crippen molar-refractivity contribution in [2.45, 2.75) is 57.5 Å². The van der Waals surface area contributed by atoms with Crippen LogP contribution < -0.4 is 32.2 Å². The normalized spacial score (nSPS) is 16.8. The second-order valence-electron chi connectivity index (χ2n) is 9.55. The molecule has 1 aliphatic rings. The Hall–Kier alpha value is -4.25. The number of ether oxygens (including phenoxy) is 1. The first-order chi connectivity index (χ1) is 18.8. The average molecular weight is 536 g/mol. The number of rotatable bonds is 11. The quantitative estimate of drug-likeness (QED) is 0.223. The molecule has 2 heterocycles. The van der Waals surface area contributed by atoms with Gasteiger partial charge in [-0.05, 0) is 55.7 Å². The minimum absolute atomic E-state index is 0.0237. The van der Waals surface area contributed by atoms with E-state index in [0.29, 0.717) is 29.3 Å². The van der Waals surface area contributed by atoms with Crippen LogP contribution in [0.25, 0.3) is 0 Å². The molecule has 2 amide bonds. The lowest BCUT2D eigenvalue weighted by Crippen LogP contribution is -2.43. The Kier molecular flexibility index (Phi) is 9.27. The first-order valence-corrected chi connectivity index (χ1v) is 13.1. The molecule has 4 rings (SSSR count). The highest BCUT2D eigenvalue weighted by atomic mass is 19.1. The van der Waals surface area contributed by atoms with E-state index in [9.17, 15) is 14.0 Å². The molecule has 0 bridgehead atoms. The first kappa shape index (κ1) is 27.8. The van der Waals surface area contributed by atoms with Gasteiger partial charge in [0.25, 0.3) is 11.8 Å². The molecule has 2 atom stereocenters. The largest absolute Gasteiger partial charge is 0.494 e. The summed E-state index contributed by atoms with van der Waals surface area (Å²) in [7, 11) is 0. The Morgan fingerprint density at radius 2 is 1.82 bits per heavy atom. The fourth-order valence-corrected chi connectivity index (χ4v) is 4.34. The SMILES string of the molecule is CCCCOc1ccc(C(=O)Nc2cncc(Nc3nc(NC4CCCC[C@@H]4N)c(F)cc3C(N)=O)c2)cc1. The van der Waals surface area contributed by atoms with Gasteiger partial charge in [0.15, 0.2) is 11.6 Å². The molecule has 1 fully saturated rings. The number of primary amides is 1. The molecule has 1 aliphatic carbocycles. The lowest BCUT2D eigenvalue weighted by molar-refractivity contribution is 0.0997. The van der Waals surface area contributed by atoms with Gasteiger partial charge in [-0.1, -0.05) is 26.2 Å². The van der Waals surface area contributed by atoms with Crippen molar-refractivity contribution < 1.29 is 18.7 Å². The van der Waals surface area contributed by atoms with Gasteiger partial charge in [-0.15, -0.1) is 0 Å². The van der Waals surface area contributed by atoms with Crippen molar-refractivity contribution in [2.24, 2.45) is 11.5 Å². The first-order valence-electron chi connectivity index (χ1n) is 13.1. The predicted octanol–water partition coefficient (Wildman–Crippen LogP) is 4.57. The van der Waals surface area contributed by atoms with E-state index < -0.39 is 11.7 Å². The Morgan fingerprint density at radius 1 is 1.08 bits per heavy atom. The van der Waals surface area contributed by atoms with Crippen molar-refractivity contribution in [3.8, 4) is 5.75 Å². The minimum Gasteiger partial charge on any atom is -0.494 e. The van der Waals surface area contributed by atoms with Crippen LogP contribution in [0.2, 0.25) is 0 Å². The molecule has 1 saturated carbocycles. The molecule has 7 N–H and O–H groups in total. The van der Waals surface area contributed by atoms with Crippen LogP contribution in [0.3, 0.4) is 0 Å². The third-order valence-electron chi connectivity index (χ3n) is 6.52. The van der Waals surface area contributed by atoms with Crippen molar-refractivity contribution in [1.82, 2.24) is 9.97 Å². The smallest absolute Gasteiger partial charge is 0.255 e. The van der Waals surface area contributed by atoms with Gasteiger partial charge in [-0.2, -0.15) is 0 Å². The number of nitrogens with two attached hydrogens (primary N) is 2. The average Bonchev–Trinajstić information content (AvgIpc) is 2.92. The summed E-state index contributed by atoms with van der Waals surface area (Å²) in [6.45, 7) is 2.71. The van der Waals surface area contributed by atoms with Gasteiger partial charge in [-0.3, -0.25) is 14.6 Å². The van der Waals surface area contributed by atoms with Gasteiger partial charge in [-0.25, -0.2) is 9.37 Å². The molecule has 2 aromatic heterocycles. The molecule has 1 aromatic carbocycles. The Labute approximate surface area is 226 Å². The summed E-state index contributed by atoms with van der Waals surface area (Å²) in [6, 6.07) is 9.26. The second kappa shape index (κ2) is 13.0. The summed E-state index contributed by atoms with van der Waals surface area (Å²) in [5.74, 6) is -1.15. The molecule has 3 aromatic rings. The number of unbranched alkanes of at least 4 members (excludes halogenated alkanes) is 1. The Bertz CT molecular complexity index is 1300. The number of carbonyl (C=O) groups is 2. The summed E-state index contributed by atoms with van der Waals surface area (Å²) in [5.41, 5.74) is 12.8. The zero-order valence-electron chi connectivity index (χ0n) is 21.9. The summed E-state index contributed by atoms with van der Waals surface area (Å²) in [5, 5.41) is 8.85. The van der Waals surface area contributed by atoms with Gasteiger partial charge in [0.05, 0.1) is 35.9 Å². The zero-order valence-corrected chi connectivity index (χ0v) is 21.9. The Morgan fingerprint density at radius 3 is 2.54 bits per heavy atom. The highest BCUT2D eigenvalue weighted by molar-refractivity contribution is 6.04. The maximum absolute atomic E-state index is 14.8. The van der Waals surface area contributed by atoms with E-state index in [2.05, 4.69) is 32.8 Å². The van der Waals surface area contributed by atoms with Crippen LogP contribution in [-0.4, -0.2) is 40.5 Å². The molecule has 1 unspecified atom stereocenters. The van der Waals surface area contributed by atoms with E-state index in [0.717, 1.165) is 44.6 Å². The lowest BCUT2D eigenvalue weighted by Gasteiger charge is -2.30. The van der Waals surface area contributed by atoms with Crippen molar-refractivity contribution in [2.75, 3.05) is 22.6 Å². The summed E-state index contributed by atoms with van der Waals surface area (Å²) in [4.78, 5) is 33.3. The van der Waals surface area contributed by atoms with Gasteiger partial charge < -0.3 is 32.2 Å². The van der Waals surface area contributed by atoms with E-state index in [1.54, 1.807) is 30.3 Å². The minimum atomic E-state index is -0.843. The number of nitrogens with zero attached hydrogens (tertiary/aromatic N) is 2. The second-order valence-corrected chi connectivity index (χ2v) is 9.55. The number of nitrogens with one attached hydrogen (secondary N) is 3. The molecular formula is C28H34FN7O3. The summed E-state index contributed by atoms with van der Waals surface area (Å²) >= 11 is 0. The van der Waals surface area contributed by atoms with Crippen LogP contribution in [0.4, 0.5) is 27.4 Å². The molecule has 39 heavy (non-hydrogen) atoms. The van der Waals surface area contributed by atoms with Gasteiger partial charge in [0.2, 0.25) is 0 Å². The van der Waals surface area contributed by atoms with Crippen LogP contribution in [0, 0.1) is 5.82 Å². The highest BCUT2D eigenvalue weighted by Gasteiger charge is 2.24. The zero-order chi connectivity index (χ0) is 27.8. The fraction of sp³-hybridized carbons (Fsp3) is 0.357. The molecule has 11 heteroatoms. The maximum Gasteiger partial charge on any atom is 0.255 e. The van der Waals surface area contributed by atoms with Crippen LogP contribution in [0.5, 0.6) is 5.75 Å². The van der Waals surface area contributed by atoms with Crippen molar-refractivity contribution in [3.63, 3.8) is 0 Å². The van der Waals surface area contributed by atoms with E-state index in [4.69, 9.17) is 16.2 Å². The molecule has 206 valence electrons. The van der Waals surface area contributed by atoms with Crippen molar-refractivity contribution in [1.29, 1.82) is 0 Å². The standard InChI is InChI=1S/C28H34FN7O3/c1-2-3-12-39-20-10-8-17(9-11-20)28(38)34-19-13-18(15-32-16-19)33-26-21(25(31)37)14-22(29)27(36-26)35-24-7-5-4-6-23(24)30/h8-11,13-16,23-24H,2-7,12,30H2,1H3,(H2,31,37)(H,34,38)(H2,33,35,36)/t23-,24?/m0/s1. The van der Waals surface area contributed by atoms with Crippen LogP contribution >= 0.6 is 0 Å². The molecule has 10 nitrogen and oxygen atoms in total. The highest BCUT2D eigenvalue weighted by Crippen LogP contribution is 2.27. The van der Waals surface area contributed by atoms with Gasteiger partial charge >= 0.3 is 0 Å². The number of anilines is 4. The summed E-state index contributed by atoms with van der Waals surface area (Å²) in [6.07, 6.45) is 8.61. The van der Waals surface area contributed by atoms with Gasteiger partial charge in [0.1, 0.15) is 11.6 Å². The summed E-state index contributed by atoms with van der Waals surface area (Å²) < 4.78 is 20.5. The predicted molar refractivity (Wildman–Crippen MR) is 149 cm³/mol. The number of hydrogen-bond donors (Lipinski definition) is 5. The number of halogens is 1. The maximum atomic E-state index is 14.8. The Balaban J connectivity index is 1.48. The third kappa shape index (κ3) is 7.41. The number of pyridine rings is 2. The van der Waals surface area contributed by atoms with Crippen LogP contribution in [-0.2, 0) is 0 Å². The van der Waals surface area contributed by atoms with E-state index in [1.807, 2.05) is 0 Å². The number of carbonyl (C=O) groups excluding carboxylic acids is 2. The number of benzene rings is 1. The topological polar surface area (TPSA) is 157 Å². The van der Waals surface area contributed by atoms with Crippen LogP contribution in [0.15, 0.2) is 48.8 Å². The molecule has 0 saturated heterocycles. The number of amides is 2. The molecule has 0 radical (unpaired) electrons. The molecular weight excluding hydrogens is 501 g/mol. The van der Waals surface area contributed by atoms with Gasteiger partial charge in [0, 0.05) is 17.6 Å². The lowest BCUT2D eigenvalue weighted by atomic mass is 9.91. The molecule has 0 spiro atoms. The molecule has 0 aliphatic heterocycles. The van der Waals surface area contributed by atoms with E-state index in [1.165, 1.54) is 12.4 Å². The third-order valence-corrected chi connectivity index (χ3v) is 6.52. The number of aromatic nitrogens is 2. The van der Waals surface area contributed by atoms with E-state index >= 15 is 0 Å². The fourth-order valence-electron chi connectivity index (χ4n) is 4.34. The van der Waals surface area contributed by atoms with Crippen LogP contribution in [0.1, 0.15) is 66.2 Å². The monoisotopic (exact) mass is 535 g/mol. The van der Waals surface area contributed by atoms with Crippen molar-refractivity contribution in [3.05, 3.63) is 65.7 Å².